The topological polar surface area (TPSA) is 17.1 Å². The minimum absolute atomic E-state index is 0.0485. The molecule has 0 radical (unpaired) electrons. The molecular formula is C17H17FO. The van der Waals surface area contributed by atoms with Crippen LogP contribution >= 0.6 is 0 Å². The number of halogens is 1. The Balaban J connectivity index is 2.74. The van der Waals surface area contributed by atoms with Gasteiger partial charge in [-0.15, -0.1) is 0 Å². The molecule has 0 aliphatic rings. The van der Waals surface area contributed by atoms with E-state index in [0.29, 0.717) is 11.1 Å². The lowest BCUT2D eigenvalue weighted by Crippen LogP contribution is -1.99. The second-order valence-corrected chi connectivity index (χ2v) is 5.00. The minimum atomic E-state index is -0.322. The third kappa shape index (κ3) is 2.58. The van der Waals surface area contributed by atoms with Crippen LogP contribution in [-0.4, -0.2) is 5.78 Å². The highest BCUT2D eigenvalue weighted by molar-refractivity contribution is 6.01. The number of carbonyl (C=O) groups excluding carboxylic acids is 1. The van der Waals surface area contributed by atoms with Crippen molar-refractivity contribution in [1.82, 2.24) is 0 Å². The highest BCUT2D eigenvalue weighted by atomic mass is 19.1. The maximum absolute atomic E-state index is 13.5. The second kappa shape index (κ2) is 4.96. The Morgan fingerprint density at radius 2 is 1.53 bits per heavy atom. The maximum atomic E-state index is 13.5. The molecule has 1 nitrogen and oxygen atoms in total. The fraction of sp³-hybridized carbons (Fsp3) is 0.235. The van der Waals surface area contributed by atoms with Gasteiger partial charge < -0.3 is 0 Å². The summed E-state index contributed by atoms with van der Waals surface area (Å²) < 4.78 is 13.5. The van der Waals surface area contributed by atoms with Crippen molar-refractivity contribution >= 4 is 5.78 Å². The molecule has 2 aromatic carbocycles. The molecule has 2 aromatic rings. The predicted molar refractivity (Wildman–Crippen MR) is 76.1 cm³/mol. The van der Waals surface area contributed by atoms with Crippen LogP contribution in [0.1, 0.15) is 34.0 Å². The molecule has 98 valence electrons. The highest BCUT2D eigenvalue weighted by Crippen LogP contribution is 2.30. The molecule has 0 aliphatic heterocycles. The zero-order valence-electron chi connectivity index (χ0n) is 11.7. The lowest BCUT2D eigenvalue weighted by Gasteiger charge is -2.13. The summed E-state index contributed by atoms with van der Waals surface area (Å²) in [4.78, 5) is 11.7. The number of ketones is 1. The molecular weight excluding hydrogens is 239 g/mol. The Hall–Kier alpha value is -1.96. The van der Waals surface area contributed by atoms with Crippen LogP contribution in [0, 0.1) is 26.6 Å². The Bertz CT molecular complexity index is 657. The van der Waals surface area contributed by atoms with Crippen molar-refractivity contribution in [2.24, 2.45) is 0 Å². The van der Waals surface area contributed by atoms with Gasteiger partial charge in [-0.2, -0.15) is 0 Å². The van der Waals surface area contributed by atoms with Gasteiger partial charge >= 0.3 is 0 Å². The maximum Gasteiger partial charge on any atom is 0.160 e. The Labute approximate surface area is 113 Å². The van der Waals surface area contributed by atoms with Gasteiger partial charge in [-0.1, -0.05) is 12.1 Å². The van der Waals surface area contributed by atoms with Crippen molar-refractivity contribution in [3.8, 4) is 11.1 Å². The molecule has 0 heterocycles. The Morgan fingerprint density at radius 3 is 2.16 bits per heavy atom. The van der Waals surface area contributed by atoms with Gasteiger partial charge in [0.25, 0.3) is 0 Å². The van der Waals surface area contributed by atoms with Crippen molar-refractivity contribution in [2.75, 3.05) is 0 Å². The number of aryl methyl sites for hydroxylation is 3. The molecule has 0 aliphatic carbocycles. The van der Waals surface area contributed by atoms with E-state index in [1.54, 1.807) is 6.07 Å². The van der Waals surface area contributed by atoms with Gasteiger partial charge in [0.2, 0.25) is 0 Å². The molecule has 0 bridgehead atoms. The summed E-state index contributed by atoms with van der Waals surface area (Å²) in [6, 6.07) is 8.41. The first-order chi connectivity index (χ1) is 8.90. The molecule has 0 N–H and O–H groups in total. The van der Waals surface area contributed by atoms with Gasteiger partial charge in [-0.05, 0) is 73.7 Å². The molecule has 2 rings (SSSR count). The zero-order chi connectivity index (χ0) is 14.2. The van der Waals surface area contributed by atoms with Gasteiger partial charge in [-0.3, -0.25) is 4.79 Å². The first-order valence-electron chi connectivity index (χ1n) is 6.29. The molecule has 0 saturated heterocycles. The van der Waals surface area contributed by atoms with E-state index in [2.05, 4.69) is 6.07 Å². The minimum Gasteiger partial charge on any atom is -0.294 e. The molecule has 0 amide bonds. The fourth-order valence-corrected chi connectivity index (χ4v) is 2.30. The van der Waals surface area contributed by atoms with E-state index in [1.807, 2.05) is 26.8 Å². The number of benzene rings is 2. The summed E-state index contributed by atoms with van der Waals surface area (Å²) in [5.41, 5.74) is 5.55. The number of hydrogen-bond donors (Lipinski definition) is 0. The summed E-state index contributed by atoms with van der Waals surface area (Å²) in [6.45, 7) is 7.55. The SMILES string of the molecule is CC(=O)c1ccc(F)cc1-c1cc(C)c(C)cc1C. The van der Waals surface area contributed by atoms with E-state index >= 15 is 0 Å². The first kappa shape index (κ1) is 13.5. The van der Waals surface area contributed by atoms with E-state index in [4.69, 9.17) is 0 Å². The number of carbonyl (C=O) groups is 1. The third-order valence-electron chi connectivity index (χ3n) is 3.49. The van der Waals surface area contributed by atoms with Crippen LogP contribution in [0.3, 0.4) is 0 Å². The normalized spacial score (nSPS) is 10.6. The Kier molecular flexibility index (Phi) is 3.52. The van der Waals surface area contributed by atoms with Crippen molar-refractivity contribution in [1.29, 1.82) is 0 Å². The number of rotatable bonds is 2. The van der Waals surface area contributed by atoms with Crippen molar-refractivity contribution in [2.45, 2.75) is 27.7 Å². The lowest BCUT2D eigenvalue weighted by atomic mass is 9.91. The zero-order valence-corrected chi connectivity index (χ0v) is 11.7. The van der Waals surface area contributed by atoms with Crippen LogP contribution in [0.25, 0.3) is 11.1 Å². The fourth-order valence-electron chi connectivity index (χ4n) is 2.30. The second-order valence-electron chi connectivity index (χ2n) is 5.00. The molecule has 0 saturated carbocycles. The van der Waals surface area contributed by atoms with Crippen LogP contribution in [0.5, 0.6) is 0 Å². The first-order valence-corrected chi connectivity index (χ1v) is 6.29. The number of Topliss-reactive ketones (excluding diaryl/α,β-unsaturated/α-hetero) is 1. The third-order valence-corrected chi connectivity index (χ3v) is 3.49. The van der Waals surface area contributed by atoms with Crippen LogP contribution in [-0.2, 0) is 0 Å². The predicted octanol–water partition coefficient (Wildman–Crippen LogP) is 4.62. The average molecular weight is 256 g/mol. The average Bonchev–Trinajstić information content (AvgIpc) is 2.33. The van der Waals surface area contributed by atoms with Crippen molar-refractivity contribution < 1.29 is 9.18 Å². The van der Waals surface area contributed by atoms with Crippen LogP contribution in [0.2, 0.25) is 0 Å². The standard InChI is InChI=1S/C17H17FO/c1-10-7-12(3)16(8-11(10)2)17-9-14(18)5-6-15(17)13(4)19/h5-9H,1-4H3. The Morgan fingerprint density at radius 1 is 0.895 bits per heavy atom. The highest BCUT2D eigenvalue weighted by Gasteiger charge is 2.13. The summed E-state index contributed by atoms with van der Waals surface area (Å²) in [5, 5.41) is 0. The monoisotopic (exact) mass is 256 g/mol. The summed E-state index contributed by atoms with van der Waals surface area (Å²) in [5.74, 6) is -0.370. The van der Waals surface area contributed by atoms with E-state index in [-0.39, 0.29) is 11.6 Å². The van der Waals surface area contributed by atoms with Gasteiger partial charge in [0, 0.05) is 5.56 Å². The van der Waals surface area contributed by atoms with Crippen LogP contribution in [0.15, 0.2) is 30.3 Å². The van der Waals surface area contributed by atoms with E-state index in [9.17, 15) is 9.18 Å². The van der Waals surface area contributed by atoms with Gasteiger partial charge in [0.05, 0.1) is 0 Å². The van der Waals surface area contributed by atoms with Crippen LogP contribution < -0.4 is 0 Å². The number of hydrogen-bond acceptors (Lipinski definition) is 1. The van der Waals surface area contributed by atoms with E-state index < -0.39 is 0 Å². The van der Waals surface area contributed by atoms with E-state index in [1.165, 1.54) is 24.6 Å². The lowest BCUT2D eigenvalue weighted by molar-refractivity contribution is 0.101. The van der Waals surface area contributed by atoms with Gasteiger partial charge in [0.1, 0.15) is 5.82 Å². The van der Waals surface area contributed by atoms with Crippen molar-refractivity contribution in [3.05, 3.63) is 58.4 Å². The van der Waals surface area contributed by atoms with Gasteiger partial charge in [-0.25, -0.2) is 4.39 Å². The smallest absolute Gasteiger partial charge is 0.160 e. The molecule has 0 spiro atoms. The molecule has 0 atom stereocenters. The van der Waals surface area contributed by atoms with Gasteiger partial charge in [0.15, 0.2) is 5.78 Å². The summed E-state index contributed by atoms with van der Waals surface area (Å²) in [6.07, 6.45) is 0. The summed E-state index contributed by atoms with van der Waals surface area (Å²) >= 11 is 0. The summed E-state index contributed by atoms with van der Waals surface area (Å²) in [7, 11) is 0. The largest absolute Gasteiger partial charge is 0.294 e. The van der Waals surface area contributed by atoms with E-state index in [0.717, 1.165) is 16.7 Å². The van der Waals surface area contributed by atoms with Crippen LogP contribution in [0.4, 0.5) is 4.39 Å². The molecule has 0 fully saturated rings. The quantitative estimate of drug-likeness (QED) is 0.716. The molecule has 0 unspecified atom stereocenters. The molecule has 2 heteroatoms. The van der Waals surface area contributed by atoms with Crippen molar-refractivity contribution in [3.63, 3.8) is 0 Å². The molecule has 19 heavy (non-hydrogen) atoms. The molecule has 0 aromatic heterocycles.